The average Bonchev–Trinajstić information content (AvgIpc) is 2.36. The highest BCUT2D eigenvalue weighted by Gasteiger charge is 2.35. The molecule has 0 N–H and O–H groups in total. The zero-order valence-electron chi connectivity index (χ0n) is 14.9. The number of ether oxygens (including phenoxy) is 2. The lowest BCUT2D eigenvalue weighted by Gasteiger charge is -2.29. The number of imide groups is 1. The number of nitriles is 1. The fourth-order valence-corrected chi connectivity index (χ4v) is 3.15. The summed E-state index contributed by atoms with van der Waals surface area (Å²) in [6.07, 6.45) is -1.86. The number of rotatable bonds is 1. The maximum atomic E-state index is 12.7. The summed E-state index contributed by atoms with van der Waals surface area (Å²) in [5, 5.41) is 9.42. The third kappa shape index (κ3) is 6.33. The van der Waals surface area contributed by atoms with Crippen molar-refractivity contribution in [1.82, 2.24) is 0 Å². The quantitative estimate of drug-likeness (QED) is 0.515. The van der Waals surface area contributed by atoms with Gasteiger partial charge in [-0.25, -0.2) is 9.59 Å². The van der Waals surface area contributed by atoms with Crippen molar-refractivity contribution in [2.75, 3.05) is 4.90 Å². The first kappa shape index (κ1) is 21.5. The predicted octanol–water partition coefficient (Wildman–Crippen LogP) is 5.76. The number of halogens is 2. The van der Waals surface area contributed by atoms with Gasteiger partial charge in [0.1, 0.15) is 17.3 Å². The fraction of sp³-hybridized carbons (Fsp3) is 0.471. The largest absolute Gasteiger partial charge is 0.443 e. The molecule has 0 aliphatic heterocycles. The van der Waals surface area contributed by atoms with Gasteiger partial charge in [-0.05, 0) is 69.6 Å². The Morgan fingerprint density at radius 2 is 1.44 bits per heavy atom. The zero-order valence-corrected chi connectivity index (χ0v) is 18.1. The van der Waals surface area contributed by atoms with Crippen molar-refractivity contribution in [3.8, 4) is 6.07 Å². The van der Waals surface area contributed by atoms with Crippen LogP contribution in [0, 0.1) is 11.3 Å². The number of carbonyl (C=O) groups excluding carboxylic acids is 2. The predicted molar refractivity (Wildman–Crippen MR) is 102 cm³/mol. The standard InChI is InChI=1S/C17H20Br2N2O4/c1-16(2,3)24-14(22)21(15(23)25-17(4,5)6)13-10(9-20)7-11(18)8-12(13)19/h7-8H,1-6H3. The number of carbonyl (C=O) groups is 2. The molecule has 0 atom stereocenters. The second-order valence-corrected chi connectivity index (χ2v) is 8.96. The minimum absolute atomic E-state index is 0.0641. The highest BCUT2D eigenvalue weighted by molar-refractivity contribution is 9.11. The molecular formula is C17H20Br2N2O4. The van der Waals surface area contributed by atoms with E-state index in [9.17, 15) is 14.9 Å². The first-order valence-corrected chi connectivity index (χ1v) is 8.99. The summed E-state index contributed by atoms with van der Waals surface area (Å²) in [6, 6.07) is 5.10. The number of benzene rings is 1. The minimum atomic E-state index is -0.929. The van der Waals surface area contributed by atoms with Crippen LogP contribution >= 0.6 is 31.9 Å². The molecule has 0 saturated heterocycles. The number of hydrogen-bond acceptors (Lipinski definition) is 5. The summed E-state index contributed by atoms with van der Waals surface area (Å²) >= 11 is 6.57. The van der Waals surface area contributed by atoms with Crippen LogP contribution in [0.5, 0.6) is 0 Å². The van der Waals surface area contributed by atoms with Crippen LogP contribution in [0.25, 0.3) is 0 Å². The van der Waals surface area contributed by atoms with Crippen LogP contribution in [0.3, 0.4) is 0 Å². The summed E-state index contributed by atoms with van der Waals surface area (Å²) < 4.78 is 11.6. The van der Waals surface area contributed by atoms with Gasteiger partial charge in [-0.2, -0.15) is 10.2 Å². The van der Waals surface area contributed by atoms with Crippen LogP contribution in [-0.2, 0) is 9.47 Å². The molecule has 0 bridgehead atoms. The van der Waals surface area contributed by atoms with Crippen LogP contribution < -0.4 is 4.90 Å². The van der Waals surface area contributed by atoms with Crippen molar-refractivity contribution in [1.29, 1.82) is 5.26 Å². The Bertz CT molecular complexity index is 700. The molecule has 0 saturated carbocycles. The van der Waals surface area contributed by atoms with Crippen molar-refractivity contribution in [2.45, 2.75) is 52.7 Å². The third-order valence-electron chi connectivity index (χ3n) is 2.52. The van der Waals surface area contributed by atoms with E-state index in [4.69, 9.17) is 9.47 Å². The van der Waals surface area contributed by atoms with Crippen molar-refractivity contribution >= 4 is 49.7 Å². The van der Waals surface area contributed by atoms with Crippen LogP contribution in [0.2, 0.25) is 0 Å². The number of hydrogen-bond donors (Lipinski definition) is 0. The Morgan fingerprint density at radius 1 is 1.00 bits per heavy atom. The molecule has 2 amide bonds. The van der Waals surface area contributed by atoms with E-state index in [-0.39, 0.29) is 11.3 Å². The lowest BCUT2D eigenvalue weighted by atomic mass is 10.1. The molecule has 0 aliphatic carbocycles. The molecule has 0 aromatic heterocycles. The molecule has 1 rings (SSSR count). The zero-order chi connectivity index (χ0) is 19.6. The highest BCUT2D eigenvalue weighted by Crippen LogP contribution is 2.35. The van der Waals surface area contributed by atoms with E-state index in [1.807, 2.05) is 6.07 Å². The van der Waals surface area contributed by atoms with Crippen LogP contribution in [-0.4, -0.2) is 23.4 Å². The summed E-state index contributed by atoms with van der Waals surface area (Å²) in [4.78, 5) is 26.0. The molecule has 0 aliphatic rings. The van der Waals surface area contributed by atoms with Gasteiger partial charge in [0.25, 0.3) is 0 Å². The van der Waals surface area contributed by atoms with Crippen molar-refractivity contribution in [3.63, 3.8) is 0 Å². The van der Waals surface area contributed by atoms with E-state index < -0.39 is 23.4 Å². The molecule has 1 aromatic carbocycles. The van der Waals surface area contributed by atoms with Gasteiger partial charge < -0.3 is 9.47 Å². The molecule has 1 aromatic rings. The van der Waals surface area contributed by atoms with Gasteiger partial charge in [-0.15, -0.1) is 0 Å². The van der Waals surface area contributed by atoms with Crippen LogP contribution in [0.1, 0.15) is 47.1 Å². The molecule has 8 heteroatoms. The van der Waals surface area contributed by atoms with Crippen LogP contribution in [0.15, 0.2) is 21.1 Å². The molecule has 6 nitrogen and oxygen atoms in total. The minimum Gasteiger partial charge on any atom is -0.443 e. The van der Waals surface area contributed by atoms with Gasteiger partial charge in [-0.3, -0.25) is 0 Å². The molecule has 25 heavy (non-hydrogen) atoms. The Morgan fingerprint density at radius 3 is 1.80 bits per heavy atom. The maximum absolute atomic E-state index is 12.7. The maximum Gasteiger partial charge on any atom is 0.424 e. The monoisotopic (exact) mass is 474 g/mol. The number of nitrogens with zero attached hydrogens (tertiary/aromatic N) is 2. The van der Waals surface area contributed by atoms with E-state index in [0.717, 1.165) is 4.90 Å². The SMILES string of the molecule is CC(C)(C)OC(=O)N(C(=O)OC(C)(C)C)c1c(Br)cc(Br)cc1C#N. The fourth-order valence-electron chi connectivity index (χ4n) is 1.75. The van der Waals surface area contributed by atoms with E-state index >= 15 is 0 Å². The number of amides is 2. The first-order chi connectivity index (χ1) is 11.2. The Kier molecular flexibility index (Phi) is 6.65. The van der Waals surface area contributed by atoms with Crippen molar-refractivity contribution < 1.29 is 19.1 Å². The normalized spacial score (nSPS) is 11.5. The number of anilines is 1. The van der Waals surface area contributed by atoms with Crippen molar-refractivity contribution in [3.05, 3.63) is 26.6 Å². The van der Waals surface area contributed by atoms with E-state index in [1.54, 1.807) is 47.6 Å². The molecule has 0 radical (unpaired) electrons. The summed E-state index contributed by atoms with van der Waals surface area (Å²) in [7, 11) is 0. The lowest BCUT2D eigenvalue weighted by molar-refractivity contribution is 0.0430. The lowest BCUT2D eigenvalue weighted by Crippen LogP contribution is -2.44. The average molecular weight is 476 g/mol. The Labute approximate surface area is 164 Å². The van der Waals surface area contributed by atoms with Gasteiger partial charge in [-0.1, -0.05) is 15.9 Å². The molecule has 0 heterocycles. The highest BCUT2D eigenvalue weighted by atomic mass is 79.9. The van der Waals surface area contributed by atoms with E-state index in [2.05, 4.69) is 31.9 Å². The molecular weight excluding hydrogens is 456 g/mol. The van der Waals surface area contributed by atoms with E-state index in [0.29, 0.717) is 8.95 Å². The van der Waals surface area contributed by atoms with E-state index in [1.165, 1.54) is 6.07 Å². The molecule has 0 unspecified atom stereocenters. The van der Waals surface area contributed by atoms with Gasteiger partial charge in [0.2, 0.25) is 0 Å². The van der Waals surface area contributed by atoms with Gasteiger partial charge in [0.05, 0.1) is 11.3 Å². The second kappa shape index (κ2) is 7.75. The Hall–Kier alpha value is -1.59. The topological polar surface area (TPSA) is 79.6 Å². The smallest absolute Gasteiger partial charge is 0.424 e. The Balaban J connectivity index is 3.50. The van der Waals surface area contributed by atoms with Gasteiger partial charge >= 0.3 is 12.2 Å². The third-order valence-corrected chi connectivity index (χ3v) is 3.59. The van der Waals surface area contributed by atoms with Gasteiger partial charge in [0.15, 0.2) is 0 Å². The van der Waals surface area contributed by atoms with Gasteiger partial charge in [0, 0.05) is 8.95 Å². The molecule has 136 valence electrons. The molecule has 0 spiro atoms. The first-order valence-electron chi connectivity index (χ1n) is 7.40. The summed E-state index contributed by atoms with van der Waals surface area (Å²) in [6.45, 7) is 10.1. The van der Waals surface area contributed by atoms with Crippen molar-refractivity contribution in [2.24, 2.45) is 0 Å². The molecule has 0 fully saturated rings. The second-order valence-electron chi connectivity index (χ2n) is 7.19. The summed E-state index contributed by atoms with van der Waals surface area (Å²) in [5.74, 6) is 0. The van der Waals surface area contributed by atoms with Crippen LogP contribution in [0.4, 0.5) is 15.3 Å². The summed E-state index contributed by atoms with van der Waals surface area (Å²) in [5.41, 5.74) is -1.48.